The van der Waals surface area contributed by atoms with Gasteiger partial charge in [-0.05, 0) is 0 Å². The summed E-state index contributed by atoms with van der Waals surface area (Å²) >= 11 is 0. The zero-order valence-electron chi connectivity index (χ0n) is 15.3. The summed E-state index contributed by atoms with van der Waals surface area (Å²) in [6.07, 6.45) is 1.69. The Bertz CT molecular complexity index is 1010. The summed E-state index contributed by atoms with van der Waals surface area (Å²) in [4.78, 5) is 44.9. The number of methoxy groups -OCH3 is 1. The molecule has 0 aliphatic carbocycles. The standard InChI is InChI=1S/C12H19N5O10P2/c1-16-8(4-6-26-29(23,24)27-28(20,21)22)3-5-17(16)7-9-10(15-19)13-12(25-2)14-11(9)18/h3,5H,4,6-7H2,1-2H3,(H5-,13,14,15,18,19,20,21,22,23,24)/p+1. The summed E-state index contributed by atoms with van der Waals surface area (Å²) < 4.78 is 38.3. The van der Waals surface area contributed by atoms with Crippen LogP contribution in [-0.2, 0) is 38.0 Å². The lowest BCUT2D eigenvalue weighted by Crippen LogP contribution is -2.44. The third-order valence-corrected chi connectivity index (χ3v) is 5.86. The van der Waals surface area contributed by atoms with Crippen LogP contribution in [0.3, 0.4) is 0 Å². The van der Waals surface area contributed by atoms with E-state index in [-0.39, 0.29) is 37.0 Å². The second kappa shape index (κ2) is 9.15. The Morgan fingerprint density at radius 2 is 2.03 bits per heavy atom. The third-order valence-electron chi connectivity index (χ3n) is 3.68. The van der Waals surface area contributed by atoms with Crippen molar-refractivity contribution < 1.29 is 47.3 Å². The first kappa shape index (κ1) is 23.2. The molecule has 162 valence electrons. The highest BCUT2D eigenvalue weighted by Crippen LogP contribution is 2.57. The third kappa shape index (κ3) is 6.45. The number of hydrogen-bond donors (Lipinski definition) is 6. The predicted molar refractivity (Wildman–Crippen MR) is 94.1 cm³/mol. The summed E-state index contributed by atoms with van der Waals surface area (Å²) in [5.41, 5.74) is 2.00. The number of phosphoric ester groups is 1. The van der Waals surface area contributed by atoms with Crippen LogP contribution in [-0.4, -0.2) is 48.3 Å². The lowest BCUT2D eigenvalue weighted by Gasteiger charge is -2.12. The predicted octanol–water partition coefficient (Wildman–Crippen LogP) is -0.977. The van der Waals surface area contributed by atoms with Crippen molar-refractivity contribution in [3.8, 4) is 6.01 Å². The van der Waals surface area contributed by atoms with E-state index in [1.807, 2.05) is 5.48 Å². The van der Waals surface area contributed by atoms with Crippen molar-refractivity contribution in [1.29, 1.82) is 0 Å². The highest BCUT2D eigenvalue weighted by atomic mass is 31.3. The van der Waals surface area contributed by atoms with E-state index in [1.54, 1.807) is 28.7 Å². The van der Waals surface area contributed by atoms with Crippen LogP contribution in [0.15, 0.2) is 17.1 Å². The molecular weight excluding hydrogens is 436 g/mol. The minimum absolute atomic E-state index is 0.00634. The van der Waals surface area contributed by atoms with Crippen LogP contribution in [0, 0.1) is 0 Å². The molecule has 1 unspecified atom stereocenters. The van der Waals surface area contributed by atoms with Gasteiger partial charge in [-0.2, -0.15) is 14.0 Å². The molecule has 0 radical (unpaired) electrons. The van der Waals surface area contributed by atoms with Crippen LogP contribution in [0.4, 0.5) is 5.82 Å². The van der Waals surface area contributed by atoms with Gasteiger partial charge >= 0.3 is 15.6 Å². The molecule has 0 saturated heterocycles. The lowest BCUT2D eigenvalue weighted by molar-refractivity contribution is -0.766. The van der Waals surface area contributed by atoms with E-state index >= 15 is 0 Å². The molecule has 1 atom stereocenters. The molecule has 0 spiro atoms. The Morgan fingerprint density at radius 1 is 1.34 bits per heavy atom. The van der Waals surface area contributed by atoms with Crippen molar-refractivity contribution in [2.45, 2.75) is 13.0 Å². The number of H-pyrrole nitrogens is 1. The second-order valence-corrected chi connectivity index (χ2v) is 8.40. The molecule has 0 aliphatic rings. The summed E-state index contributed by atoms with van der Waals surface area (Å²) in [5, 5.41) is 9.22. The highest BCUT2D eigenvalue weighted by Gasteiger charge is 2.32. The molecule has 29 heavy (non-hydrogen) atoms. The summed E-state index contributed by atoms with van der Waals surface area (Å²) in [7, 11) is -7.17. The van der Waals surface area contributed by atoms with Crippen LogP contribution in [0.5, 0.6) is 6.01 Å². The molecule has 6 N–H and O–H groups in total. The molecule has 2 rings (SSSR count). The summed E-state index contributed by atoms with van der Waals surface area (Å²) in [5.74, 6) is -0.0972. The maximum atomic E-state index is 12.2. The van der Waals surface area contributed by atoms with Gasteiger partial charge < -0.3 is 19.4 Å². The zero-order chi connectivity index (χ0) is 21.8. The largest absolute Gasteiger partial charge is 0.481 e. The monoisotopic (exact) mass is 456 g/mol. The molecule has 17 heteroatoms. The molecule has 0 bridgehead atoms. The topological polar surface area (TPSA) is 209 Å². The van der Waals surface area contributed by atoms with Crippen molar-refractivity contribution >= 4 is 21.5 Å². The molecule has 2 aromatic rings. The van der Waals surface area contributed by atoms with Crippen LogP contribution in [0.1, 0.15) is 11.3 Å². The van der Waals surface area contributed by atoms with E-state index < -0.39 is 21.2 Å². The van der Waals surface area contributed by atoms with Crippen molar-refractivity contribution in [2.75, 3.05) is 19.2 Å². The van der Waals surface area contributed by atoms with Gasteiger partial charge in [-0.1, -0.05) is 0 Å². The molecule has 15 nitrogen and oxygen atoms in total. The average Bonchev–Trinajstić information content (AvgIpc) is 2.94. The van der Waals surface area contributed by atoms with Crippen LogP contribution < -0.4 is 20.5 Å². The molecule has 2 heterocycles. The van der Waals surface area contributed by atoms with Gasteiger partial charge in [0.25, 0.3) is 11.6 Å². The maximum absolute atomic E-state index is 12.2. The van der Waals surface area contributed by atoms with Crippen molar-refractivity contribution in [3.63, 3.8) is 0 Å². The molecule has 0 fully saturated rings. The van der Waals surface area contributed by atoms with Crippen molar-refractivity contribution in [1.82, 2.24) is 14.6 Å². The minimum Gasteiger partial charge on any atom is -0.468 e. The van der Waals surface area contributed by atoms with E-state index in [2.05, 4.69) is 18.8 Å². The number of nitrogens with zero attached hydrogens (tertiary/aromatic N) is 3. The molecule has 2 aromatic heterocycles. The Morgan fingerprint density at radius 3 is 2.62 bits per heavy atom. The van der Waals surface area contributed by atoms with Gasteiger partial charge in [0.05, 0.1) is 26.5 Å². The van der Waals surface area contributed by atoms with E-state index in [4.69, 9.17) is 14.5 Å². The van der Waals surface area contributed by atoms with Gasteiger partial charge in [0, 0.05) is 12.5 Å². The highest BCUT2D eigenvalue weighted by molar-refractivity contribution is 7.60. The van der Waals surface area contributed by atoms with Gasteiger partial charge in [-0.3, -0.25) is 25.0 Å². The van der Waals surface area contributed by atoms with Gasteiger partial charge in [0.1, 0.15) is 5.56 Å². The SMILES string of the molecule is COc1nc(NO)c(C[n+]2ccc(CCOP(=O)(O)OP(=O)(O)O)n2C)c(=O)[nH]1. The minimum atomic E-state index is -5.18. The molecule has 0 aliphatic heterocycles. The number of phosphoric acid groups is 2. The number of nitrogens with one attached hydrogen (secondary N) is 2. The fourth-order valence-corrected chi connectivity index (χ4v) is 3.93. The number of ether oxygens (including phenoxy) is 1. The van der Waals surface area contributed by atoms with Crippen LogP contribution in [0.25, 0.3) is 0 Å². The molecule has 0 aromatic carbocycles. The second-order valence-electron chi connectivity index (χ2n) is 5.57. The van der Waals surface area contributed by atoms with Crippen molar-refractivity contribution in [3.05, 3.63) is 33.9 Å². The Balaban J connectivity index is 2.10. The van der Waals surface area contributed by atoms with Gasteiger partial charge in [-0.25, -0.2) is 9.13 Å². The van der Waals surface area contributed by atoms with Crippen molar-refractivity contribution in [2.24, 2.45) is 7.05 Å². The summed E-state index contributed by atoms with van der Waals surface area (Å²) in [6, 6.07) is 1.54. The first-order valence-corrected chi connectivity index (χ1v) is 10.8. The zero-order valence-corrected chi connectivity index (χ0v) is 17.0. The van der Waals surface area contributed by atoms with Gasteiger partial charge in [0.15, 0.2) is 12.0 Å². The first-order valence-electron chi connectivity index (χ1n) is 7.81. The quantitative estimate of drug-likeness (QED) is 0.145. The number of anilines is 1. The number of aromatic nitrogens is 4. The molecule has 0 amide bonds. The molecular formula is C12H20N5O10P2+. The Hall–Kier alpha value is -2.09. The van der Waals surface area contributed by atoms with Gasteiger partial charge in [-0.15, -0.1) is 4.68 Å². The first-order chi connectivity index (χ1) is 13.5. The maximum Gasteiger partial charge on any atom is 0.481 e. The smallest absolute Gasteiger partial charge is 0.468 e. The normalized spacial score (nSPS) is 13.9. The fourth-order valence-electron chi connectivity index (χ4n) is 2.35. The van der Waals surface area contributed by atoms with Gasteiger partial charge in [0.2, 0.25) is 6.54 Å². The Kier molecular flexibility index (Phi) is 7.32. The van der Waals surface area contributed by atoms with Crippen LogP contribution >= 0.6 is 15.6 Å². The van der Waals surface area contributed by atoms with E-state index in [1.165, 1.54) is 7.11 Å². The van der Waals surface area contributed by atoms with E-state index in [9.17, 15) is 24.0 Å². The average molecular weight is 456 g/mol. The number of rotatable bonds is 10. The van der Waals surface area contributed by atoms with E-state index in [0.29, 0.717) is 5.69 Å². The molecule has 0 saturated carbocycles. The Labute approximate surface area is 163 Å². The number of aromatic amines is 1. The van der Waals surface area contributed by atoms with Crippen LogP contribution in [0.2, 0.25) is 0 Å². The fraction of sp³-hybridized carbons (Fsp3) is 0.417. The summed E-state index contributed by atoms with van der Waals surface area (Å²) in [6.45, 7) is -0.369. The van der Waals surface area contributed by atoms with E-state index in [0.717, 1.165) is 0 Å². The lowest BCUT2D eigenvalue weighted by atomic mass is 10.3. The number of hydrogen-bond acceptors (Lipinski definition) is 9.